The lowest BCUT2D eigenvalue weighted by Gasteiger charge is -2.13. The van der Waals surface area contributed by atoms with Gasteiger partial charge in [0.2, 0.25) is 0 Å². The van der Waals surface area contributed by atoms with Crippen molar-refractivity contribution in [2.24, 2.45) is 0 Å². The second kappa shape index (κ2) is 28.3. The molecule has 30 rings (SSSR count). The first-order valence-electron chi connectivity index (χ1n) is 45.4. The third-order valence-corrected chi connectivity index (χ3v) is 28.1. The van der Waals surface area contributed by atoms with E-state index >= 15 is 0 Å². The van der Waals surface area contributed by atoms with Gasteiger partial charge in [-0.15, -0.1) is 0 Å². The Balaban J connectivity index is 0.0000000991. The van der Waals surface area contributed by atoms with E-state index in [9.17, 15) is 0 Å². The van der Waals surface area contributed by atoms with Crippen LogP contribution in [-0.2, 0) is 0 Å². The zero-order chi connectivity index (χ0) is 86.8. The fraction of sp³-hybridized carbons (Fsp3) is 0.0244. The smallest absolute Gasteiger partial charge is 0.159 e. The summed E-state index contributed by atoms with van der Waals surface area (Å²) in [6.45, 7) is 6.44. The van der Waals surface area contributed by atoms with Crippen molar-refractivity contribution >= 4 is 229 Å². The Morgan fingerprint density at radius 2 is 0.386 bits per heavy atom. The van der Waals surface area contributed by atoms with Gasteiger partial charge >= 0.3 is 0 Å². The summed E-state index contributed by atoms with van der Waals surface area (Å²) >= 11 is 0. The van der Waals surface area contributed by atoms with Crippen LogP contribution in [-0.4, -0.2) is 27.4 Å². The maximum absolute atomic E-state index is 6.62. The zero-order valence-electron chi connectivity index (χ0n) is 72.2. The van der Waals surface area contributed by atoms with Crippen molar-refractivity contribution in [2.75, 3.05) is 0 Å². The van der Waals surface area contributed by atoms with Crippen LogP contribution in [0.5, 0.6) is 0 Å². The van der Waals surface area contributed by atoms with Crippen molar-refractivity contribution in [3.8, 4) is 34.1 Å². The molecule has 0 saturated heterocycles. The standard InChI is InChI=1S/3C41H26N2O/c1-25-21-23-26(24-22-25)42-33-17-7-4-14-31(33)37-38-32-15-5-8-18-34(32)43(40(38)29-13-3-2-12-28(29)39(37)42)35-19-10-16-30-27-11-6-9-20-36(27)44-41(30)35;1-25-18-20-26(21-19-25)42-34-15-7-4-13-32(34)38-39-33-14-5-8-16-35(33)43(41(39)31-12-3-2-11-30(31)40(38)42)27-22-23-29-28-10-6-9-17-36(28)44-37(29)24-27;1-25-18-20-26(21-19-25)42-34-15-7-4-13-31(34)38-39-32-14-5-8-16-35(32)43(41(39)30-12-3-2-11-29(30)40(38)42)27-22-23-37-33(24-27)28-10-6-9-17-36(28)44-37/h3*2-24H,1H3. The average molecular weight is 1690 g/mol. The van der Waals surface area contributed by atoms with Gasteiger partial charge in [-0.05, 0) is 148 Å². The highest BCUT2D eigenvalue weighted by molar-refractivity contribution is 6.41. The molecule has 0 amide bonds. The summed E-state index contributed by atoms with van der Waals surface area (Å²) in [6, 6.07) is 151. The molecule has 21 aromatic carbocycles. The molecule has 0 radical (unpaired) electrons. The maximum Gasteiger partial charge on any atom is 0.159 e. The van der Waals surface area contributed by atoms with Gasteiger partial charge in [-0.3, -0.25) is 0 Å². The van der Waals surface area contributed by atoms with Crippen LogP contribution in [0.1, 0.15) is 16.7 Å². The monoisotopic (exact) mass is 1690 g/mol. The largest absolute Gasteiger partial charge is 0.456 e. The van der Waals surface area contributed by atoms with E-state index in [4.69, 9.17) is 13.3 Å². The molecule has 0 unspecified atom stereocenters. The molecule has 9 nitrogen and oxygen atoms in total. The van der Waals surface area contributed by atoms with Crippen molar-refractivity contribution < 1.29 is 13.3 Å². The minimum atomic E-state index is 0.899. The fourth-order valence-electron chi connectivity index (χ4n) is 22.5. The molecule has 0 N–H and O–H groups in total. The molecule has 0 saturated carbocycles. The van der Waals surface area contributed by atoms with Gasteiger partial charge in [0.05, 0.1) is 71.9 Å². The van der Waals surface area contributed by atoms with Crippen LogP contribution in [0, 0.1) is 20.8 Å². The van der Waals surface area contributed by atoms with Gasteiger partial charge in [0.1, 0.15) is 27.9 Å². The van der Waals surface area contributed by atoms with Crippen LogP contribution in [0.4, 0.5) is 0 Å². The number of benzene rings is 21. The molecule has 0 fully saturated rings. The molecule has 0 bridgehead atoms. The van der Waals surface area contributed by atoms with Gasteiger partial charge in [0, 0.05) is 164 Å². The van der Waals surface area contributed by atoms with E-state index in [-0.39, 0.29) is 0 Å². The third kappa shape index (κ3) is 10.5. The number of hydrogen-bond donors (Lipinski definition) is 0. The maximum atomic E-state index is 6.62. The summed E-state index contributed by atoms with van der Waals surface area (Å²) in [6.07, 6.45) is 0. The second-order valence-corrected chi connectivity index (χ2v) is 35.4. The van der Waals surface area contributed by atoms with Crippen LogP contribution in [0.2, 0.25) is 0 Å². The van der Waals surface area contributed by atoms with E-state index in [1.165, 1.54) is 197 Å². The molecule has 132 heavy (non-hydrogen) atoms. The SMILES string of the molecule is Cc1ccc(-n2c3ccccc3c3c4c5ccccc5n(-c5ccc6c(c5)oc5ccccc56)c4c4ccccc4c32)cc1.Cc1ccc(-n2c3ccccc3c3c4c5ccccc5n(-c5ccc6oc7ccccc7c6c5)c4c4ccccc4c32)cc1.Cc1ccc(-n2c3ccccc3c3c4c5ccccc5n(-c5cccc6c5oc5ccccc56)c4c4ccccc4c32)cc1. The Morgan fingerprint density at radius 1 is 0.152 bits per heavy atom. The second-order valence-electron chi connectivity index (χ2n) is 35.4. The van der Waals surface area contributed by atoms with Crippen LogP contribution in [0.15, 0.2) is 432 Å². The lowest BCUT2D eigenvalue weighted by molar-refractivity contribution is 0.666. The third-order valence-electron chi connectivity index (χ3n) is 28.1. The molecule has 30 aromatic rings. The molecule has 9 aromatic heterocycles. The van der Waals surface area contributed by atoms with Gasteiger partial charge in [-0.2, -0.15) is 0 Å². The molecule has 0 spiro atoms. The Hall–Kier alpha value is -17.4. The van der Waals surface area contributed by atoms with Crippen molar-refractivity contribution in [2.45, 2.75) is 20.8 Å². The number of aryl methyl sites for hydroxylation is 3. The van der Waals surface area contributed by atoms with E-state index in [1.807, 2.05) is 30.3 Å². The summed E-state index contributed by atoms with van der Waals surface area (Å²) in [7, 11) is 0. The number of aromatic nitrogens is 6. The molecule has 618 valence electrons. The molecular weight excluding hydrogens is 1610 g/mol. The van der Waals surface area contributed by atoms with E-state index < -0.39 is 0 Å². The Bertz CT molecular complexity index is 10100. The number of furan rings is 3. The van der Waals surface area contributed by atoms with Crippen molar-refractivity contribution in [3.05, 3.63) is 435 Å². The van der Waals surface area contributed by atoms with Gasteiger partial charge in [0.25, 0.3) is 0 Å². The fourth-order valence-corrected chi connectivity index (χ4v) is 22.5. The minimum Gasteiger partial charge on any atom is -0.456 e. The van der Waals surface area contributed by atoms with E-state index in [0.29, 0.717) is 0 Å². The van der Waals surface area contributed by atoms with Crippen LogP contribution in [0.25, 0.3) is 263 Å². The van der Waals surface area contributed by atoms with E-state index in [2.05, 4.69) is 436 Å². The molecule has 0 aliphatic carbocycles. The van der Waals surface area contributed by atoms with E-state index in [1.54, 1.807) is 0 Å². The first-order valence-corrected chi connectivity index (χ1v) is 45.4. The highest BCUT2D eigenvalue weighted by Crippen LogP contribution is 2.53. The van der Waals surface area contributed by atoms with Crippen LogP contribution < -0.4 is 0 Å². The van der Waals surface area contributed by atoms with Gasteiger partial charge in [-0.1, -0.05) is 302 Å². The predicted octanol–water partition coefficient (Wildman–Crippen LogP) is 33.7. The topological polar surface area (TPSA) is 69.0 Å². The summed E-state index contributed by atoms with van der Waals surface area (Å²) in [4.78, 5) is 0. The predicted molar refractivity (Wildman–Crippen MR) is 554 cm³/mol. The summed E-state index contributed by atoms with van der Waals surface area (Å²) < 4.78 is 33.9. The number of hydrogen-bond acceptors (Lipinski definition) is 3. The Labute approximate surface area is 754 Å². The molecule has 0 aliphatic heterocycles. The van der Waals surface area contributed by atoms with Crippen molar-refractivity contribution in [3.63, 3.8) is 0 Å². The zero-order valence-corrected chi connectivity index (χ0v) is 72.2. The van der Waals surface area contributed by atoms with Crippen LogP contribution >= 0.6 is 0 Å². The van der Waals surface area contributed by atoms with E-state index in [0.717, 1.165) is 82.9 Å². The number of nitrogens with zero attached hydrogens (tertiary/aromatic N) is 6. The Morgan fingerprint density at radius 3 is 0.750 bits per heavy atom. The summed E-state index contributed by atoms with van der Waals surface area (Å²) in [5.41, 5.74) is 30.6. The van der Waals surface area contributed by atoms with Gasteiger partial charge < -0.3 is 40.7 Å². The first-order chi connectivity index (χ1) is 65.3. The summed E-state index contributed by atoms with van der Waals surface area (Å²) in [5, 5.41) is 29.4. The lowest BCUT2D eigenvalue weighted by Crippen LogP contribution is -1.97. The average Bonchev–Trinajstić information content (AvgIpc) is 1.53. The Kier molecular flexibility index (Phi) is 15.8. The number of rotatable bonds is 6. The highest BCUT2D eigenvalue weighted by Gasteiger charge is 2.31. The molecular formula is C123H78N6O3. The normalized spacial score (nSPS) is 12.2. The van der Waals surface area contributed by atoms with Gasteiger partial charge in [-0.25, -0.2) is 0 Å². The van der Waals surface area contributed by atoms with Crippen molar-refractivity contribution in [1.29, 1.82) is 0 Å². The molecule has 9 heterocycles. The molecule has 0 aliphatic rings. The van der Waals surface area contributed by atoms with Gasteiger partial charge in [0.15, 0.2) is 5.58 Å². The molecule has 9 heteroatoms. The lowest BCUT2D eigenvalue weighted by atomic mass is 9.99. The molecule has 0 atom stereocenters. The number of fused-ring (bicyclic) bond motifs is 39. The summed E-state index contributed by atoms with van der Waals surface area (Å²) in [5.74, 6) is 0. The first kappa shape index (κ1) is 73.8. The minimum absolute atomic E-state index is 0.899. The van der Waals surface area contributed by atoms with Crippen LogP contribution in [0.3, 0.4) is 0 Å². The quantitative estimate of drug-likeness (QED) is 0.167. The highest BCUT2D eigenvalue weighted by atomic mass is 16.3. The van der Waals surface area contributed by atoms with Crippen molar-refractivity contribution in [1.82, 2.24) is 27.4 Å². The number of para-hydroxylation sites is 10.